The molecule has 2 aromatic carbocycles. The number of aromatic amines is 2. The molecule has 0 bridgehead atoms. The molecular weight excluding hydrogens is 327 g/mol. The van der Waals surface area contributed by atoms with E-state index in [2.05, 4.69) is 55.3 Å². The molecule has 6 heteroatoms. The lowest BCUT2D eigenvalue weighted by Gasteiger charge is -1.93. The quantitative estimate of drug-likeness (QED) is 0.552. The highest BCUT2D eigenvalue weighted by Crippen LogP contribution is 2.23. The Labute approximate surface area is 130 Å². The Morgan fingerprint density at radius 3 is 2.19 bits per heavy atom. The molecule has 0 unspecified atom stereocenters. The van der Waals surface area contributed by atoms with Crippen LogP contribution in [0.5, 0.6) is 0 Å². The molecule has 4 aromatic rings. The molecule has 0 atom stereocenters. The average molecular weight is 338 g/mol. The summed E-state index contributed by atoms with van der Waals surface area (Å²) < 4.78 is 1.03. The number of H-pyrrole nitrogens is 2. The van der Waals surface area contributed by atoms with Crippen molar-refractivity contribution in [1.29, 1.82) is 0 Å². The molecule has 21 heavy (non-hydrogen) atoms. The molecule has 101 valence electrons. The van der Waals surface area contributed by atoms with Crippen LogP contribution in [0.4, 0.5) is 0 Å². The molecule has 0 amide bonds. The third kappa shape index (κ3) is 2.16. The normalized spacial score (nSPS) is 11.3. The fraction of sp³-hybridized carbons (Fsp3) is 0.0667. The van der Waals surface area contributed by atoms with E-state index in [1.54, 1.807) is 0 Å². The van der Waals surface area contributed by atoms with Crippen molar-refractivity contribution in [3.8, 4) is 11.6 Å². The van der Waals surface area contributed by atoms with Gasteiger partial charge in [-0.15, -0.1) is 0 Å². The van der Waals surface area contributed by atoms with Gasteiger partial charge in [0.15, 0.2) is 11.6 Å². The summed E-state index contributed by atoms with van der Waals surface area (Å²) in [6.45, 7) is 2.02. The van der Waals surface area contributed by atoms with Crippen LogP contribution in [0, 0.1) is 0 Å². The summed E-state index contributed by atoms with van der Waals surface area (Å²) in [7, 11) is 2.07. The van der Waals surface area contributed by atoms with Gasteiger partial charge in [0.25, 0.3) is 0 Å². The van der Waals surface area contributed by atoms with E-state index in [0.717, 1.165) is 38.2 Å². The van der Waals surface area contributed by atoms with Crippen LogP contribution >= 0.6 is 15.9 Å². The standard InChI is InChI=1S/C15H11BBrN4/c1-16-8-2-4-10-12(6-8)20-14(18-10)15-19-11-5-3-9(17)7-13(11)21-15/h2-7H,1H3,(H,18,20)(H,19,21). The van der Waals surface area contributed by atoms with Gasteiger partial charge in [-0.25, -0.2) is 9.97 Å². The number of nitrogens with one attached hydrogen (secondary N) is 2. The number of halogens is 1. The third-order valence-corrected chi connectivity index (χ3v) is 4.00. The third-order valence-electron chi connectivity index (χ3n) is 3.51. The zero-order valence-electron chi connectivity index (χ0n) is 11.3. The summed E-state index contributed by atoms with van der Waals surface area (Å²) in [6.07, 6.45) is 0. The first-order valence-corrected chi connectivity index (χ1v) is 7.47. The first kappa shape index (κ1) is 12.6. The van der Waals surface area contributed by atoms with E-state index in [1.165, 1.54) is 5.46 Å². The van der Waals surface area contributed by atoms with E-state index in [4.69, 9.17) is 0 Å². The molecule has 0 aliphatic carbocycles. The topological polar surface area (TPSA) is 57.4 Å². The van der Waals surface area contributed by atoms with Gasteiger partial charge in [0.05, 0.1) is 22.1 Å². The van der Waals surface area contributed by atoms with Crippen LogP contribution in [0.25, 0.3) is 33.7 Å². The zero-order chi connectivity index (χ0) is 14.4. The van der Waals surface area contributed by atoms with Gasteiger partial charge >= 0.3 is 0 Å². The van der Waals surface area contributed by atoms with Crippen molar-refractivity contribution in [2.45, 2.75) is 6.82 Å². The molecule has 2 N–H and O–H groups in total. The molecular formula is C15H11BBrN4. The van der Waals surface area contributed by atoms with Gasteiger partial charge in [-0.05, 0) is 30.3 Å². The van der Waals surface area contributed by atoms with E-state index < -0.39 is 0 Å². The van der Waals surface area contributed by atoms with E-state index >= 15 is 0 Å². The number of benzene rings is 2. The van der Waals surface area contributed by atoms with Gasteiger partial charge in [-0.1, -0.05) is 34.3 Å². The first-order chi connectivity index (χ1) is 10.2. The summed E-state index contributed by atoms with van der Waals surface area (Å²) in [5.74, 6) is 1.51. The SMILES string of the molecule is C[B]c1ccc2nc(-c3nc4ccc(Br)cc4[nH]3)[nH]c2c1. The molecule has 2 aromatic heterocycles. The Hall–Kier alpha value is -2.08. The number of nitrogens with zero attached hydrogens (tertiary/aromatic N) is 2. The predicted octanol–water partition coefficient (Wildman–Crippen LogP) is 3.25. The van der Waals surface area contributed by atoms with Crippen molar-refractivity contribution < 1.29 is 0 Å². The van der Waals surface area contributed by atoms with Gasteiger partial charge < -0.3 is 9.97 Å². The van der Waals surface area contributed by atoms with Crippen molar-refractivity contribution >= 4 is 50.7 Å². The van der Waals surface area contributed by atoms with Gasteiger partial charge in [-0.2, -0.15) is 0 Å². The minimum Gasteiger partial charge on any atom is -0.335 e. The molecule has 1 radical (unpaired) electrons. The lowest BCUT2D eigenvalue weighted by Crippen LogP contribution is -2.08. The number of rotatable bonds is 2. The van der Waals surface area contributed by atoms with Crippen molar-refractivity contribution in [3.63, 3.8) is 0 Å². The fourth-order valence-electron chi connectivity index (χ4n) is 2.41. The van der Waals surface area contributed by atoms with E-state index in [9.17, 15) is 0 Å². The van der Waals surface area contributed by atoms with Crippen LogP contribution < -0.4 is 5.46 Å². The Morgan fingerprint density at radius 2 is 1.52 bits per heavy atom. The van der Waals surface area contributed by atoms with Crippen molar-refractivity contribution in [2.24, 2.45) is 0 Å². The summed E-state index contributed by atoms with van der Waals surface area (Å²) in [6, 6.07) is 12.1. The average Bonchev–Trinajstić information content (AvgIpc) is 3.08. The maximum Gasteiger partial charge on any atom is 0.174 e. The molecule has 0 fully saturated rings. The van der Waals surface area contributed by atoms with E-state index in [-0.39, 0.29) is 0 Å². The lowest BCUT2D eigenvalue weighted by atomic mass is 9.73. The molecule has 4 rings (SSSR count). The van der Waals surface area contributed by atoms with Crippen molar-refractivity contribution in [1.82, 2.24) is 19.9 Å². The highest BCUT2D eigenvalue weighted by atomic mass is 79.9. The van der Waals surface area contributed by atoms with Crippen LogP contribution in [0.3, 0.4) is 0 Å². The maximum absolute atomic E-state index is 4.60. The van der Waals surface area contributed by atoms with Gasteiger partial charge in [0, 0.05) is 4.47 Å². The minimum absolute atomic E-state index is 0.751. The van der Waals surface area contributed by atoms with Crippen LogP contribution in [0.2, 0.25) is 6.82 Å². The smallest absolute Gasteiger partial charge is 0.174 e. The predicted molar refractivity (Wildman–Crippen MR) is 90.1 cm³/mol. The maximum atomic E-state index is 4.60. The summed E-state index contributed by atoms with van der Waals surface area (Å²) in [4.78, 5) is 15.8. The lowest BCUT2D eigenvalue weighted by molar-refractivity contribution is 1.22. The van der Waals surface area contributed by atoms with Crippen LogP contribution in [0.1, 0.15) is 0 Å². The molecule has 2 heterocycles. The highest BCUT2D eigenvalue weighted by molar-refractivity contribution is 9.10. The highest BCUT2D eigenvalue weighted by Gasteiger charge is 2.10. The van der Waals surface area contributed by atoms with Crippen molar-refractivity contribution in [2.75, 3.05) is 0 Å². The Bertz CT molecular complexity index is 957. The second kappa shape index (κ2) is 4.74. The Balaban J connectivity index is 1.87. The van der Waals surface area contributed by atoms with Crippen LogP contribution in [-0.4, -0.2) is 27.2 Å². The van der Waals surface area contributed by atoms with Gasteiger partial charge in [-0.3, -0.25) is 0 Å². The molecule has 0 saturated heterocycles. The summed E-state index contributed by atoms with van der Waals surface area (Å²) in [5.41, 5.74) is 5.05. The van der Waals surface area contributed by atoms with Crippen molar-refractivity contribution in [3.05, 3.63) is 40.9 Å². The zero-order valence-corrected chi connectivity index (χ0v) is 12.9. The van der Waals surface area contributed by atoms with E-state index in [0.29, 0.717) is 0 Å². The number of fused-ring (bicyclic) bond motifs is 2. The molecule has 4 nitrogen and oxygen atoms in total. The molecule has 0 aliphatic rings. The van der Waals surface area contributed by atoms with Gasteiger partial charge in [0.2, 0.25) is 0 Å². The summed E-state index contributed by atoms with van der Waals surface area (Å²) in [5, 5.41) is 0. The molecule has 0 spiro atoms. The van der Waals surface area contributed by atoms with Gasteiger partial charge in [0.1, 0.15) is 7.28 Å². The van der Waals surface area contributed by atoms with Crippen LogP contribution in [-0.2, 0) is 0 Å². The number of imidazole rings is 2. The second-order valence-corrected chi connectivity index (χ2v) is 5.81. The first-order valence-electron chi connectivity index (χ1n) is 6.68. The Morgan fingerprint density at radius 1 is 0.905 bits per heavy atom. The number of hydrogen-bond acceptors (Lipinski definition) is 2. The van der Waals surface area contributed by atoms with Crippen LogP contribution in [0.15, 0.2) is 40.9 Å². The largest absolute Gasteiger partial charge is 0.335 e. The van der Waals surface area contributed by atoms with E-state index in [1.807, 2.05) is 31.1 Å². The molecule has 0 saturated carbocycles. The second-order valence-electron chi connectivity index (χ2n) is 4.90. The number of aromatic nitrogens is 4. The molecule has 0 aliphatic heterocycles. The fourth-order valence-corrected chi connectivity index (χ4v) is 2.77. The number of hydrogen-bond donors (Lipinski definition) is 2. The monoisotopic (exact) mass is 337 g/mol. The summed E-state index contributed by atoms with van der Waals surface area (Å²) >= 11 is 3.47. The Kier molecular flexibility index (Phi) is 2.85. The minimum atomic E-state index is 0.751.